The standard InChI is InChI=1S/C27H25N5/c1-19-7-6-8-20(17-19)32-16-14-29-25(32)18-31-15-12-22-21-9-2-3-10-23(21)30-26(22)27(31)24-11-4-5-13-28-24/h2-11,13-14,16-17,27,30H,12,15,18H2,1H3. The molecule has 1 aliphatic rings. The predicted octanol–water partition coefficient (Wildman–Crippen LogP) is 5.20. The van der Waals surface area contributed by atoms with Gasteiger partial charge >= 0.3 is 0 Å². The van der Waals surface area contributed by atoms with Crippen molar-refractivity contribution >= 4 is 10.9 Å². The average molecular weight is 420 g/mol. The Morgan fingerprint density at radius 2 is 1.88 bits per heavy atom. The van der Waals surface area contributed by atoms with Gasteiger partial charge in [-0.2, -0.15) is 0 Å². The quantitative estimate of drug-likeness (QED) is 0.435. The molecule has 0 saturated carbocycles. The van der Waals surface area contributed by atoms with Crippen LogP contribution in [0.3, 0.4) is 0 Å². The van der Waals surface area contributed by atoms with Crippen molar-refractivity contribution in [2.24, 2.45) is 0 Å². The van der Waals surface area contributed by atoms with Gasteiger partial charge in [0, 0.05) is 47.4 Å². The van der Waals surface area contributed by atoms with E-state index in [0.29, 0.717) is 0 Å². The van der Waals surface area contributed by atoms with Gasteiger partial charge in [0.1, 0.15) is 5.82 Å². The van der Waals surface area contributed by atoms with Gasteiger partial charge in [0.2, 0.25) is 0 Å². The predicted molar refractivity (Wildman–Crippen MR) is 127 cm³/mol. The van der Waals surface area contributed by atoms with E-state index < -0.39 is 0 Å². The smallest absolute Gasteiger partial charge is 0.127 e. The molecule has 32 heavy (non-hydrogen) atoms. The van der Waals surface area contributed by atoms with Crippen molar-refractivity contribution in [3.05, 3.63) is 114 Å². The number of nitrogens with one attached hydrogen (secondary N) is 1. The molecule has 1 unspecified atom stereocenters. The minimum absolute atomic E-state index is 0.0648. The normalized spacial score (nSPS) is 16.3. The zero-order chi connectivity index (χ0) is 21.5. The van der Waals surface area contributed by atoms with Gasteiger partial charge < -0.3 is 9.55 Å². The Morgan fingerprint density at radius 3 is 2.75 bits per heavy atom. The highest BCUT2D eigenvalue weighted by atomic mass is 15.2. The van der Waals surface area contributed by atoms with Crippen LogP contribution in [0.4, 0.5) is 0 Å². The molecule has 1 atom stereocenters. The number of para-hydroxylation sites is 1. The summed E-state index contributed by atoms with van der Waals surface area (Å²) in [5.74, 6) is 1.04. The second kappa shape index (κ2) is 7.77. The number of imidazole rings is 1. The lowest BCUT2D eigenvalue weighted by Crippen LogP contribution is -2.36. The molecule has 158 valence electrons. The molecule has 0 spiro atoms. The third-order valence-corrected chi connectivity index (χ3v) is 6.44. The molecule has 2 aromatic carbocycles. The third kappa shape index (κ3) is 3.22. The van der Waals surface area contributed by atoms with Crippen LogP contribution in [0.2, 0.25) is 0 Å². The van der Waals surface area contributed by atoms with Gasteiger partial charge in [-0.25, -0.2) is 4.98 Å². The molecule has 1 aliphatic heterocycles. The van der Waals surface area contributed by atoms with Gasteiger partial charge in [-0.15, -0.1) is 0 Å². The molecule has 3 aromatic heterocycles. The van der Waals surface area contributed by atoms with Crippen LogP contribution in [0.25, 0.3) is 16.6 Å². The van der Waals surface area contributed by atoms with Crippen molar-refractivity contribution in [1.29, 1.82) is 0 Å². The number of aromatic nitrogens is 4. The van der Waals surface area contributed by atoms with E-state index in [1.54, 1.807) is 0 Å². The number of aryl methyl sites for hydroxylation is 1. The van der Waals surface area contributed by atoms with Crippen LogP contribution in [-0.4, -0.2) is 31.0 Å². The van der Waals surface area contributed by atoms with Crippen molar-refractivity contribution < 1.29 is 0 Å². The minimum Gasteiger partial charge on any atom is -0.357 e. The van der Waals surface area contributed by atoms with Crippen molar-refractivity contribution in [2.45, 2.75) is 25.9 Å². The molecular formula is C27H25N5. The van der Waals surface area contributed by atoms with Gasteiger partial charge in [0.15, 0.2) is 0 Å². The van der Waals surface area contributed by atoms with Crippen LogP contribution in [0.5, 0.6) is 0 Å². The highest BCUT2D eigenvalue weighted by Gasteiger charge is 2.33. The van der Waals surface area contributed by atoms with Crippen LogP contribution in [0.1, 0.15) is 34.4 Å². The summed E-state index contributed by atoms with van der Waals surface area (Å²) in [6.07, 6.45) is 6.84. The Morgan fingerprint density at radius 1 is 0.969 bits per heavy atom. The maximum atomic E-state index is 4.75. The molecule has 0 radical (unpaired) electrons. The second-order valence-electron chi connectivity index (χ2n) is 8.49. The molecule has 0 bridgehead atoms. The van der Waals surface area contributed by atoms with Gasteiger partial charge in [0.25, 0.3) is 0 Å². The third-order valence-electron chi connectivity index (χ3n) is 6.44. The molecule has 0 fully saturated rings. The zero-order valence-electron chi connectivity index (χ0n) is 18.1. The Bertz CT molecular complexity index is 1380. The lowest BCUT2D eigenvalue weighted by Gasteiger charge is -2.35. The van der Waals surface area contributed by atoms with E-state index in [1.165, 1.54) is 27.7 Å². The highest BCUT2D eigenvalue weighted by Crippen LogP contribution is 2.38. The van der Waals surface area contributed by atoms with Crippen LogP contribution < -0.4 is 0 Å². The van der Waals surface area contributed by atoms with E-state index in [2.05, 4.69) is 88.2 Å². The molecule has 1 N–H and O–H groups in total. The monoisotopic (exact) mass is 419 g/mol. The summed E-state index contributed by atoms with van der Waals surface area (Å²) < 4.78 is 2.20. The summed E-state index contributed by atoms with van der Waals surface area (Å²) >= 11 is 0. The first kappa shape index (κ1) is 19.0. The largest absolute Gasteiger partial charge is 0.357 e. The number of aromatic amines is 1. The van der Waals surface area contributed by atoms with Crippen LogP contribution >= 0.6 is 0 Å². The van der Waals surface area contributed by atoms with Crippen LogP contribution in [0, 0.1) is 6.92 Å². The highest BCUT2D eigenvalue weighted by molar-refractivity contribution is 5.85. The first-order chi connectivity index (χ1) is 15.8. The lowest BCUT2D eigenvalue weighted by molar-refractivity contribution is 0.193. The van der Waals surface area contributed by atoms with E-state index in [0.717, 1.165) is 36.7 Å². The fraction of sp³-hybridized carbons (Fsp3) is 0.185. The van der Waals surface area contributed by atoms with E-state index in [4.69, 9.17) is 9.97 Å². The number of benzene rings is 2. The van der Waals surface area contributed by atoms with E-state index >= 15 is 0 Å². The Kier molecular flexibility index (Phi) is 4.62. The summed E-state index contributed by atoms with van der Waals surface area (Å²) in [4.78, 5) is 15.7. The zero-order valence-corrected chi connectivity index (χ0v) is 18.1. The fourth-order valence-electron chi connectivity index (χ4n) is 4.98. The summed E-state index contributed by atoms with van der Waals surface area (Å²) in [5, 5.41) is 1.32. The van der Waals surface area contributed by atoms with Gasteiger partial charge in [0.05, 0.1) is 18.3 Å². The van der Waals surface area contributed by atoms with Gasteiger partial charge in [-0.3, -0.25) is 9.88 Å². The number of H-pyrrole nitrogens is 1. The number of fused-ring (bicyclic) bond motifs is 3. The summed E-state index contributed by atoms with van der Waals surface area (Å²) in [7, 11) is 0. The Balaban J connectivity index is 1.42. The van der Waals surface area contributed by atoms with E-state index in [1.807, 2.05) is 18.5 Å². The molecule has 0 amide bonds. The number of nitrogens with zero attached hydrogens (tertiary/aromatic N) is 4. The molecule has 4 heterocycles. The van der Waals surface area contributed by atoms with Crippen LogP contribution in [-0.2, 0) is 13.0 Å². The van der Waals surface area contributed by atoms with Gasteiger partial charge in [-0.1, -0.05) is 36.4 Å². The maximum Gasteiger partial charge on any atom is 0.127 e. The van der Waals surface area contributed by atoms with Crippen molar-refractivity contribution in [2.75, 3.05) is 6.54 Å². The summed E-state index contributed by atoms with van der Waals surface area (Å²) in [6, 6.07) is 23.4. The first-order valence-electron chi connectivity index (χ1n) is 11.1. The molecule has 5 nitrogen and oxygen atoms in total. The summed E-state index contributed by atoms with van der Waals surface area (Å²) in [5.41, 5.74) is 7.32. The molecule has 6 rings (SSSR count). The maximum absolute atomic E-state index is 4.75. The fourth-order valence-corrected chi connectivity index (χ4v) is 4.98. The lowest BCUT2D eigenvalue weighted by atomic mass is 9.95. The minimum atomic E-state index is 0.0648. The first-order valence-corrected chi connectivity index (χ1v) is 11.1. The molecule has 5 aromatic rings. The number of rotatable bonds is 4. The van der Waals surface area contributed by atoms with Crippen molar-refractivity contribution in [1.82, 2.24) is 24.4 Å². The van der Waals surface area contributed by atoms with E-state index in [9.17, 15) is 0 Å². The SMILES string of the molecule is Cc1cccc(-n2ccnc2CN2CCc3c([nH]c4ccccc34)C2c2ccccn2)c1. The average Bonchev–Trinajstić information content (AvgIpc) is 3.44. The summed E-state index contributed by atoms with van der Waals surface area (Å²) in [6.45, 7) is 3.83. The Labute approximate surface area is 187 Å². The molecule has 5 heteroatoms. The van der Waals surface area contributed by atoms with Gasteiger partial charge in [-0.05, 0) is 54.8 Å². The van der Waals surface area contributed by atoms with E-state index in [-0.39, 0.29) is 6.04 Å². The topological polar surface area (TPSA) is 49.7 Å². The number of pyridine rings is 1. The molecular weight excluding hydrogens is 394 g/mol. The number of hydrogen-bond acceptors (Lipinski definition) is 3. The number of hydrogen-bond donors (Lipinski definition) is 1. The van der Waals surface area contributed by atoms with Crippen molar-refractivity contribution in [3.8, 4) is 5.69 Å². The Hall–Kier alpha value is -3.70. The van der Waals surface area contributed by atoms with Crippen molar-refractivity contribution in [3.63, 3.8) is 0 Å². The van der Waals surface area contributed by atoms with Crippen LogP contribution in [0.15, 0.2) is 85.3 Å². The molecule has 0 saturated heterocycles. The molecule has 0 aliphatic carbocycles. The second-order valence-corrected chi connectivity index (χ2v) is 8.49.